The highest BCUT2D eigenvalue weighted by atomic mass is 35.5. The summed E-state index contributed by atoms with van der Waals surface area (Å²) in [5.41, 5.74) is -1.03. The Morgan fingerprint density at radius 2 is 1.04 bits per heavy atom. The minimum atomic E-state index is -4.52. The van der Waals surface area contributed by atoms with Gasteiger partial charge in [0.2, 0.25) is 0 Å². The van der Waals surface area contributed by atoms with E-state index >= 15 is 14.0 Å². The number of sulfone groups is 2. The van der Waals surface area contributed by atoms with Gasteiger partial charge in [0.25, 0.3) is 30.0 Å². The van der Waals surface area contributed by atoms with Crippen LogP contribution in [0.25, 0.3) is 0 Å². The molecule has 10 rings (SSSR count). The summed E-state index contributed by atoms with van der Waals surface area (Å²) >= 11 is 10.2. The zero-order valence-corrected chi connectivity index (χ0v) is 46.1. The largest absolute Gasteiger partial charge is 0.347 e. The monoisotopic (exact) mass is 1190 g/mol. The number of halogens is 2. The van der Waals surface area contributed by atoms with E-state index < -0.39 is 71.3 Å². The number of anilines is 4. The van der Waals surface area contributed by atoms with E-state index in [1.807, 2.05) is 36.4 Å². The number of tetrazole rings is 2. The molecule has 0 unspecified atom stereocenters. The van der Waals surface area contributed by atoms with Crippen LogP contribution in [0.15, 0.2) is 126 Å². The molecule has 0 spiro atoms. The summed E-state index contributed by atoms with van der Waals surface area (Å²) in [7, 11) is -9.03. The second-order valence-corrected chi connectivity index (χ2v) is 26.3. The normalized spacial score (nSPS) is 14.1. The number of thioether (sulfide) groups is 2. The van der Waals surface area contributed by atoms with Crippen LogP contribution >= 0.6 is 57.8 Å². The van der Waals surface area contributed by atoms with Crippen molar-refractivity contribution in [2.45, 2.75) is 91.4 Å². The molecule has 2 saturated carbocycles. The molecule has 0 aliphatic heterocycles. The fourth-order valence-electron chi connectivity index (χ4n) is 8.93. The Kier molecular flexibility index (Phi) is 16.4. The van der Waals surface area contributed by atoms with E-state index in [0.717, 1.165) is 50.8 Å². The summed E-state index contributed by atoms with van der Waals surface area (Å²) < 4.78 is 71.6. The first-order valence-corrected chi connectivity index (χ1v) is 30.8. The average molecular weight is 1190 g/mol. The van der Waals surface area contributed by atoms with E-state index in [9.17, 15) is 26.4 Å². The number of urea groups is 2. The van der Waals surface area contributed by atoms with Crippen molar-refractivity contribution in [3.05, 3.63) is 130 Å². The van der Waals surface area contributed by atoms with Crippen LogP contribution in [0.2, 0.25) is 5.02 Å². The molecule has 22 nitrogen and oxygen atoms in total. The Labute approximate surface area is 465 Å². The lowest BCUT2D eigenvalue weighted by Gasteiger charge is -2.36. The van der Waals surface area contributed by atoms with Crippen LogP contribution in [0.5, 0.6) is 0 Å². The van der Waals surface area contributed by atoms with Gasteiger partial charge in [0.15, 0.2) is 30.2 Å². The van der Waals surface area contributed by atoms with Crippen LogP contribution in [0, 0.1) is 17.7 Å². The van der Waals surface area contributed by atoms with Gasteiger partial charge >= 0.3 is 12.1 Å². The Bertz CT molecular complexity index is 3490. The number of benzene rings is 4. The minimum absolute atomic E-state index is 0.00912. The molecular formula is C48H42ClFN14O8S6. The molecule has 4 aromatic heterocycles. The lowest BCUT2D eigenvalue weighted by Crippen LogP contribution is -2.55. The molecule has 8 aromatic rings. The van der Waals surface area contributed by atoms with Crippen molar-refractivity contribution < 1.29 is 40.4 Å². The number of rotatable bonds is 18. The number of aromatic nitrogens is 10. The van der Waals surface area contributed by atoms with Gasteiger partial charge in [-0.2, -0.15) is 10.0 Å². The Morgan fingerprint density at radius 3 is 1.46 bits per heavy atom. The van der Waals surface area contributed by atoms with Crippen molar-refractivity contribution in [1.29, 1.82) is 0 Å². The van der Waals surface area contributed by atoms with Crippen LogP contribution in [0.4, 0.5) is 35.6 Å². The molecule has 2 fully saturated rings. The second kappa shape index (κ2) is 23.5. The van der Waals surface area contributed by atoms with Gasteiger partial charge in [0.05, 0.1) is 22.8 Å². The van der Waals surface area contributed by atoms with E-state index in [4.69, 9.17) is 11.6 Å². The molecule has 0 saturated heterocycles. The number of ketones is 2. The molecule has 0 radical (unpaired) electrons. The molecule has 402 valence electrons. The molecule has 0 bridgehead atoms. The van der Waals surface area contributed by atoms with Gasteiger partial charge in [-0.25, -0.2) is 51.0 Å². The Morgan fingerprint density at radius 1 is 0.615 bits per heavy atom. The third-order valence-electron chi connectivity index (χ3n) is 12.6. The van der Waals surface area contributed by atoms with Crippen molar-refractivity contribution >= 4 is 123 Å². The van der Waals surface area contributed by atoms with Gasteiger partial charge in [0, 0.05) is 49.3 Å². The molecule has 78 heavy (non-hydrogen) atoms. The number of nitrogens with zero attached hydrogens (tertiary/aromatic N) is 10. The van der Waals surface area contributed by atoms with Gasteiger partial charge in [-0.05, 0) is 107 Å². The maximum Gasteiger partial charge on any atom is 0.347 e. The number of amides is 4. The lowest BCUT2D eigenvalue weighted by molar-refractivity contribution is 0.0915. The smallest absolute Gasteiger partial charge is 0.294 e. The first-order chi connectivity index (χ1) is 37.6. The van der Waals surface area contributed by atoms with Gasteiger partial charge in [-0.1, -0.05) is 107 Å². The topological polar surface area (TPSA) is 302 Å². The number of H-pyrrole nitrogens is 2. The van der Waals surface area contributed by atoms with Crippen molar-refractivity contribution in [3.63, 3.8) is 0 Å². The fourth-order valence-corrected chi connectivity index (χ4v) is 16.2. The van der Waals surface area contributed by atoms with Crippen LogP contribution < -0.4 is 20.7 Å². The van der Waals surface area contributed by atoms with Crippen LogP contribution in [-0.4, -0.2) is 91.7 Å². The summed E-state index contributed by atoms with van der Waals surface area (Å²) in [6.07, 6.45) is 4.79. The van der Waals surface area contributed by atoms with Crippen molar-refractivity contribution in [2.24, 2.45) is 11.8 Å². The van der Waals surface area contributed by atoms with Crippen LogP contribution in [0.3, 0.4) is 0 Å². The van der Waals surface area contributed by atoms with E-state index in [-0.39, 0.29) is 69.1 Å². The molecule has 4 aromatic carbocycles. The number of Topliss-reactive ketones (excluding diaryl/α,β-unsaturated/α-hetero) is 2. The first kappa shape index (κ1) is 54.3. The maximum absolute atomic E-state index is 15.7. The van der Waals surface area contributed by atoms with Crippen LogP contribution in [0.1, 0.15) is 83.5 Å². The number of hydrazine groups is 1. The highest BCUT2D eigenvalue weighted by Gasteiger charge is 2.40. The molecule has 4 heterocycles. The third-order valence-corrected chi connectivity index (χ3v) is 21.1. The number of carbonyl (C=O) groups is 4. The number of aromatic amines is 2. The van der Waals surface area contributed by atoms with E-state index in [1.165, 1.54) is 41.7 Å². The molecular weight excluding hydrogens is 1150 g/mol. The van der Waals surface area contributed by atoms with Crippen LogP contribution in [-0.2, 0) is 31.2 Å². The van der Waals surface area contributed by atoms with Gasteiger partial charge in [-0.3, -0.25) is 20.2 Å². The van der Waals surface area contributed by atoms with Gasteiger partial charge in [0.1, 0.15) is 5.82 Å². The zero-order valence-electron chi connectivity index (χ0n) is 40.4. The maximum atomic E-state index is 15.7. The average Bonchev–Trinajstić information content (AvgIpc) is 4.45. The highest BCUT2D eigenvalue weighted by molar-refractivity contribution is 7.99. The molecule has 2 aliphatic rings. The molecule has 4 N–H and O–H groups in total. The highest BCUT2D eigenvalue weighted by Crippen LogP contribution is 2.41. The number of thiazole rings is 2. The number of carbonyl (C=O) groups excluding carboxylic acids is 4. The van der Waals surface area contributed by atoms with Crippen molar-refractivity contribution in [3.8, 4) is 0 Å². The molecule has 4 amide bonds. The first-order valence-electron chi connectivity index (χ1n) is 23.9. The quantitative estimate of drug-likeness (QED) is 0.0353. The number of nitrogens with one attached hydrogen (secondary N) is 4. The molecule has 0 atom stereocenters. The fraction of sp³-hybridized carbons (Fsp3) is 0.250. The minimum Gasteiger partial charge on any atom is -0.294 e. The van der Waals surface area contributed by atoms with Crippen molar-refractivity contribution in [1.82, 2.24) is 51.2 Å². The summed E-state index contributed by atoms with van der Waals surface area (Å²) in [6.45, 7) is 0. The summed E-state index contributed by atoms with van der Waals surface area (Å²) in [6, 6.07) is 22.7. The number of hydrogen-bond acceptors (Lipinski definition) is 20. The van der Waals surface area contributed by atoms with E-state index in [1.54, 1.807) is 24.3 Å². The Balaban J connectivity index is 1.14. The molecule has 30 heteroatoms. The predicted molar refractivity (Wildman–Crippen MR) is 289 cm³/mol. The van der Waals surface area contributed by atoms with E-state index in [2.05, 4.69) is 61.8 Å². The Hall–Kier alpha value is -7.02. The SMILES string of the molecule is O=C(c1cc(F)ccc1N(C(=O)Nc1nc(CSc2ccccc2)c(S(=O)(=O)c2nnn[nH]2)s1)N(C(=O)Nc1nc(CSc2ccccc2)c(S(=O)(=O)c2nnn[nH]2)s1)c1ccc(Cl)cc1C(=O)C1CCCC1)C1CCCC1. The molecule has 2 aliphatic carbocycles. The zero-order chi connectivity index (χ0) is 54.6. The van der Waals surface area contributed by atoms with E-state index in [0.29, 0.717) is 61.2 Å². The predicted octanol–water partition coefficient (Wildman–Crippen LogP) is 10.1. The number of hydrogen-bond donors (Lipinski definition) is 4. The second-order valence-electron chi connectivity index (χ2n) is 17.6. The van der Waals surface area contributed by atoms with Gasteiger partial charge < -0.3 is 0 Å². The summed E-state index contributed by atoms with van der Waals surface area (Å²) in [4.78, 5) is 71.6. The standard InChI is InChI=1S/C48H42ClFN14O8S6/c49-29-19-21-37(33(23-29)39(65)27-11-7-8-12-27)63(47(67)53-43-51-35(25-73-31-15-3-1-4-16-31)41(75-43)77(69,70)45-55-59-60-56-45)64(38-22-20-30(50)24-34(38)40(66)28-13-9-10-14-28)48(68)54-44-52-36(26-74-32-17-5-2-6-18-32)42(76-44)78(71,72)46-57-61-62-58-46/h1-6,15-24,27-28H,7-14,25-26H2,(H,51,53,67)(H,52,54,68)(H,55,56,59,60)(H,57,58,61,62). The third kappa shape index (κ3) is 11.7. The summed E-state index contributed by atoms with van der Waals surface area (Å²) in [5.74, 6) is -3.01. The van der Waals surface area contributed by atoms with Crippen molar-refractivity contribution in [2.75, 3.05) is 20.7 Å². The lowest BCUT2D eigenvalue weighted by atomic mass is 9.94. The van der Waals surface area contributed by atoms with Gasteiger partial charge in [-0.15, -0.1) is 23.5 Å². The summed E-state index contributed by atoms with van der Waals surface area (Å²) in [5, 5.41) is 30.5.